The maximum absolute atomic E-state index is 10.9. The molecule has 2 aliphatic rings. The SMILES string of the molecule is O=C(O)[C@@H]1CC[C@@H]2CCCN[C@H]2[C@@H]1O. The minimum absolute atomic E-state index is 0.0126. The fraction of sp³-hybridized carbons (Fsp3) is 0.900. The average molecular weight is 199 g/mol. The number of rotatable bonds is 1. The van der Waals surface area contributed by atoms with Gasteiger partial charge in [0, 0.05) is 6.04 Å². The summed E-state index contributed by atoms with van der Waals surface area (Å²) in [6.07, 6.45) is 3.13. The molecular weight excluding hydrogens is 182 g/mol. The molecule has 0 bridgehead atoms. The highest BCUT2D eigenvalue weighted by molar-refractivity contribution is 5.71. The van der Waals surface area contributed by atoms with E-state index in [-0.39, 0.29) is 6.04 Å². The van der Waals surface area contributed by atoms with Crippen LogP contribution in [-0.2, 0) is 4.79 Å². The largest absolute Gasteiger partial charge is 0.481 e. The van der Waals surface area contributed by atoms with Crippen LogP contribution in [0.25, 0.3) is 0 Å². The predicted molar refractivity (Wildman–Crippen MR) is 50.9 cm³/mol. The molecule has 0 unspecified atom stereocenters. The van der Waals surface area contributed by atoms with Crippen LogP contribution in [0, 0.1) is 11.8 Å². The predicted octanol–water partition coefficient (Wildman–Crippen LogP) is 0.210. The fourth-order valence-electron chi connectivity index (χ4n) is 2.79. The normalized spacial score (nSPS) is 42.9. The molecule has 0 aromatic rings. The van der Waals surface area contributed by atoms with Crippen molar-refractivity contribution < 1.29 is 15.0 Å². The van der Waals surface area contributed by atoms with E-state index < -0.39 is 18.0 Å². The van der Waals surface area contributed by atoms with Crippen LogP contribution in [0.15, 0.2) is 0 Å². The standard InChI is InChI=1S/C10H17NO3/c12-9-7(10(13)14)4-3-6-2-1-5-11-8(6)9/h6-9,11-12H,1-5H2,(H,13,14)/t6-,7+,8+,9+/m0/s1. The Hall–Kier alpha value is -0.610. The number of aliphatic carboxylic acids is 1. The molecule has 1 aliphatic carbocycles. The smallest absolute Gasteiger partial charge is 0.309 e. The molecule has 1 heterocycles. The van der Waals surface area contributed by atoms with Gasteiger partial charge in [-0.2, -0.15) is 0 Å². The van der Waals surface area contributed by atoms with Crippen molar-refractivity contribution in [3.05, 3.63) is 0 Å². The van der Waals surface area contributed by atoms with Crippen LogP contribution >= 0.6 is 0 Å². The zero-order chi connectivity index (χ0) is 10.1. The summed E-state index contributed by atoms with van der Waals surface area (Å²) >= 11 is 0. The van der Waals surface area contributed by atoms with Crippen molar-refractivity contribution in [2.45, 2.75) is 37.8 Å². The molecule has 3 N–H and O–H groups in total. The summed E-state index contributed by atoms with van der Waals surface area (Å²) in [4.78, 5) is 10.9. The van der Waals surface area contributed by atoms with E-state index in [0.717, 1.165) is 25.8 Å². The number of hydrogen-bond acceptors (Lipinski definition) is 3. The number of aliphatic hydroxyl groups is 1. The summed E-state index contributed by atoms with van der Waals surface area (Å²) in [6, 6.07) is 0.0126. The summed E-state index contributed by atoms with van der Waals surface area (Å²) < 4.78 is 0. The number of hydrogen-bond donors (Lipinski definition) is 3. The summed E-state index contributed by atoms with van der Waals surface area (Å²) in [5.41, 5.74) is 0. The topological polar surface area (TPSA) is 69.6 Å². The van der Waals surface area contributed by atoms with Gasteiger partial charge >= 0.3 is 5.97 Å². The molecule has 0 aromatic heterocycles. The van der Waals surface area contributed by atoms with Gasteiger partial charge in [-0.15, -0.1) is 0 Å². The third kappa shape index (κ3) is 1.64. The first kappa shape index (κ1) is 9.93. The number of piperidine rings is 1. The molecule has 0 aromatic carbocycles. The van der Waals surface area contributed by atoms with E-state index in [1.807, 2.05) is 0 Å². The molecule has 14 heavy (non-hydrogen) atoms. The van der Waals surface area contributed by atoms with E-state index in [1.54, 1.807) is 0 Å². The second kappa shape index (κ2) is 3.87. The third-order valence-electron chi connectivity index (χ3n) is 3.59. The average Bonchev–Trinajstić information content (AvgIpc) is 2.18. The molecule has 0 amide bonds. The van der Waals surface area contributed by atoms with Gasteiger partial charge in [-0.1, -0.05) is 0 Å². The third-order valence-corrected chi connectivity index (χ3v) is 3.59. The lowest BCUT2D eigenvalue weighted by Crippen LogP contribution is -2.55. The first-order chi connectivity index (χ1) is 6.70. The molecule has 2 rings (SSSR count). The van der Waals surface area contributed by atoms with Crippen molar-refractivity contribution in [2.24, 2.45) is 11.8 Å². The highest BCUT2D eigenvalue weighted by Gasteiger charge is 2.42. The Balaban J connectivity index is 2.06. The van der Waals surface area contributed by atoms with Gasteiger partial charge in [0.25, 0.3) is 0 Å². The van der Waals surface area contributed by atoms with Crippen LogP contribution in [-0.4, -0.2) is 34.9 Å². The molecule has 0 radical (unpaired) electrons. The van der Waals surface area contributed by atoms with E-state index >= 15 is 0 Å². The molecule has 1 saturated carbocycles. The van der Waals surface area contributed by atoms with Crippen LogP contribution in [0.1, 0.15) is 25.7 Å². The number of fused-ring (bicyclic) bond motifs is 1. The number of nitrogens with one attached hydrogen (secondary N) is 1. The minimum Gasteiger partial charge on any atom is -0.481 e. The van der Waals surface area contributed by atoms with Crippen LogP contribution < -0.4 is 5.32 Å². The summed E-state index contributed by atoms with van der Waals surface area (Å²) in [6.45, 7) is 0.907. The number of carboxylic acids is 1. The van der Waals surface area contributed by atoms with Crippen LogP contribution in [0.5, 0.6) is 0 Å². The molecule has 4 heteroatoms. The van der Waals surface area contributed by atoms with Gasteiger partial charge in [0.2, 0.25) is 0 Å². The van der Waals surface area contributed by atoms with E-state index in [0.29, 0.717) is 12.3 Å². The molecule has 1 aliphatic heterocycles. The van der Waals surface area contributed by atoms with Gasteiger partial charge in [0.1, 0.15) is 0 Å². The molecular formula is C10H17NO3. The van der Waals surface area contributed by atoms with E-state index in [1.165, 1.54) is 0 Å². The minimum atomic E-state index is -0.858. The Morgan fingerprint density at radius 2 is 2.07 bits per heavy atom. The van der Waals surface area contributed by atoms with Crippen molar-refractivity contribution >= 4 is 5.97 Å². The van der Waals surface area contributed by atoms with Crippen molar-refractivity contribution in [2.75, 3.05) is 6.54 Å². The fourth-order valence-corrected chi connectivity index (χ4v) is 2.79. The lowest BCUT2D eigenvalue weighted by Gasteiger charge is -2.42. The van der Waals surface area contributed by atoms with Gasteiger partial charge < -0.3 is 15.5 Å². The van der Waals surface area contributed by atoms with Gasteiger partial charge in [0.15, 0.2) is 0 Å². The maximum atomic E-state index is 10.9. The van der Waals surface area contributed by atoms with Crippen molar-refractivity contribution in [1.29, 1.82) is 0 Å². The molecule has 4 nitrogen and oxygen atoms in total. The number of carboxylic acid groups (broad SMARTS) is 1. The Morgan fingerprint density at radius 3 is 2.79 bits per heavy atom. The van der Waals surface area contributed by atoms with Gasteiger partial charge in [-0.25, -0.2) is 0 Å². The number of aliphatic hydroxyl groups excluding tert-OH is 1. The van der Waals surface area contributed by atoms with Crippen molar-refractivity contribution in [3.63, 3.8) is 0 Å². The first-order valence-electron chi connectivity index (χ1n) is 5.34. The highest BCUT2D eigenvalue weighted by Crippen LogP contribution is 2.34. The van der Waals surface area contributed by atoms with Gasteiger partial charge in [0.05, 0.1) is 12.0 Å². The highest BCUT2D eigenvalue weighted by atomic mass is 16.4. The lowest BCUT2D eigenvalue weighted by atomic mass is 9.73. The monoisotopic (exact) mass is 199 g/mol. The molecule has 2 fully saturated rings. The Bertz CT molecular complexity index is 231. The summed E-state index contributed by atoms with van der Waals surface area (Å²) in [5.74, 6) is -0.945. The Labute approximate surface area is 83.3 Å². The van der Waals surface area contributed by atoms with Crippen LogP contribution in [0.4, 0.5) is 0 Å². The first-order valence-corrected chi connectivity index (χ1v) is 5.34. The number of carbonyl (C=O) groups is 1. The molecule has 4 atom stereocenters. The van der Waals surface area contributed by atoms with Crippen LogP contribution in [0.2, 0.25) is 0 Å². The molecule has 0 spiro atoms. The quantitative estimate of drug-likeness (QED) is 0.564. The summed E-state index contributed by atoms with van der Waals surface area (Å²) in [7, 11) is 0. The zero-order valence-corrected chi connectivity index (χ0v) is 8.15. The summed E-state index contributed by atoms with van der Waals surface area (Å²) in [5, 5.41) is 22.0. The second-order valence-electron chi connectivity index (χ2n) is 4.39. The molecule has 1 saturated heterocycles. The zero-order valence-electron chi connectivity index (χ0n) is 8.15. The second-order valence-corrected chi connectivity index (χ2v) is 4.39. The van der Waals surface area contributed by atoms with Gasteiger partial charge in [-0.05, 0) is 38.1 Å². The maximum Gasteiger partial charge on any atom is 0.309 e. The molecule has 80 valence electrons. The van der Waals surface area contributed by atoms with Crippen molar-refractivity contribution in [3.8, 4) is 0 Å². The van der Waals surface area contributed by atoms with E-state index in [9.17, 15) is 9.90 Å². The van der Waals surface area contributed by atoms with Crippen LogP contribution in [0.3, 0.4) is 0 Å². The van der Waals surface area contributed by atoms with E-state index in [4.69, 9.17) is 5.11 Å². The van der Waals surface area contributed by atoms with Crippen molar-refractivity contribution in [1.82, 2.24) is 5.32 Å². The Kier molecular flexibility index (Phi) is 2.74. The Morgan fingerprint density at radius 1 is 1.29 bits per heavy atom. The van der Waals surface area contributed by atoms with E-state index in [2.05, 4.69) is 5.32 Å². The lowest BCUT2D eigenvalue weighted by molar-refractivity contribution is -0.150. The van der Waals surface area contributed by atoms with Gasteiger partial charge in [-0.3, -0.25) is 4.79 Å².